The zero-order valence-electron chi connectivity index (χ0n) is 7.87. The topological polar surface area (TPSA) is 45.5 Å². The summed E-state index contributed by atoms with van der Waals surface area (Å²) in [6, 6.07) is 2.05. The van der Waals surface area contributed by atoms with Gasteiger partial charge in [-0.3, -0.25) is 4.90 Å². The predicted molar refractivity (Wildman–Crippen MR) is 48.3 cm³/mol. The van der Waals surface area contributed by atoms with Crippen LogP contribution in [-0.4, -0.2) is 51.0 Å². The zero-order valence-corrected chi connectivity index (χ0v) is 7.87. The Morgan fingerprint density at radius 1 is 1.31 bits per heavy atom. The van der Waals surface area contributed by atoms with Crippen LogP contribution in [0.15, 0.2) is 0 Å². The Morgan fingerprint density at radius 2 is 2.08 bits per heavy atom. The van der Waals surface area contributed by atoms with Crippen LogP contribution in [0.3, 0.4) is 0 Å². The maximum atomic E-state index is 8.26. The van der Waals surface area contributed by atoms with Crippen LogP contribution in [0, 0.1) is 11.3 Å². The predicted octanol–water partition coefficient (Wildman–Crippen LogP) is 0.249. The van der Waals surface area contributed by atoms with Gasteiger partial charge in [-0.05, 0) is 0 Å². The first-order valence-electron chi connectivity index (χ1n) is 4.68. The van der Waals surface area contributed by atoms with Crippen LogP contribution in [0.5, 0.6) is 0 Å². The van der Waals surface area contributed by atoms with Gasteiger partial charge in [0.15, 0.2) is 0 Å². The molecule has 0 atom stereocenters. The minimum absolute atomic E-state index is 0.489. The average molecular weight is 184 g/mol. The van der Waals surface area contributed by atoms with E-state index < -0.39 is 0 Å². The highest BCUT2D eigenvalue weighted by molar-refractivity contribution is 4.67. The van der Waals surface area contributed by atoms with Crippen molar-refractivity contribution in [1.29, 1.82) is 5.26 Å². The zero-order chi connectivity index (χ0) is 9.36. The monoisotopic (exact) mass is 184 g/mol. The van der Waals surface area contributed by atoms with E-state index in [0.29, 0.717) is 13.0 Å². The molecule has 4 nitrogen and oxygen atoms in total. The first-order valence-corrected chi connectivity index (χ1v) is 4.68. The molecule has 1 saturated heterocycles. The van der Waals surface area contributed by atoms with Crippen LogP contribution in [0.25, 0.3) is 0 Å². The maximum Gasteiger partial charge on any atom is 0.0645 e. The standard InChI is InChI=1S/C9H16N2O2/c10-2-1-6-12-7-3-11-4-8-13-9-5-11/h1,3-9H2. The van der Waals surface area contributed by atoms with Crippen molar-refractivity contribution in [2.75, 3.05) is 46.1 Å². The van der Waals surface area contributed by atoms with E-state index >= 15 is 0 Å². The first kappa shape index (κ1) is 10.5. The van der Waals surface area contributed by atoms with Crippen molar-refractivity contribution >= 4 is 0 Å². The molecule has 0 aromatic rings. The molecule has 74 valence electrons. The molecule has 13 heavy (non-hydrogen) atoms. The van der Waals surface area contributed by atoms with Gasteiger partial charge in [0.05, 0.1) is 38.9 Å². The normalized spacial score (nSPS) is 18.4. The van der Waals surface area contributed by atoms with Crippen LogP contribution in [0.2, 0.25) is 0 Å². The molecule has 1 aliphatic rings. The van der Waals surface area contributed by atoms with Crippen LogP contribution < -0.4 is 0 Å². The quantitative estimate of drug-likeness (QED) is 0.574. The minimum atomic E-state index is 0.489. The van der Waals surface area contributed by atoms with E-state index in [9.17, 15) is 0 Å². The number of morpholine rings is 1. The lowest BCUT2D eigenvalue weighted by Gasteiger charge is -2.26. The van der Waals surface area contributed by atoms with E-state index in [1.54, 1.807) is 0 Å². The SMILES string of the molecule is N#CCCOCCN1CCOCC1. The Bertz CT molecular complexity index is 161. The van der Waals surface area contributed by atoms with Crippen molar-refractivity contribution in [2.24, 2.45) is 0 Å². The van der Waals surface area contributed by atoms with Gasteiger partial charge >= 0.3 is 0 Å². The second-order valence-corrected chi connectivity index (χ2v) is 2.97. The number of ether oxygens (including phenoxy) is 2. The fraction of sp³-hybridized carbons (Fsp3) is 0.889. The summed E-state index contributed by atoms with van der Waals surface area (Å²) in [4.78, 5) is 2.32. The summed E-state index contributed by atoms with van der Waals surface area (Å²) >= 11 is 0. The molecule has 0 bridgehead atoms. The van der Waals surface area contributed by atoms with Gasteiger partial charge in [-0.1, -0.05) is 0 Å². The van der Waals surface area contributed by atoms with Crippen molar-refractivity contribution in [2.45, 2.75) is 6.42 Å². The Morgan fingerprint density at radius 3 is 2.77 bits per heavy atom. The summed E-state index contributed by atoms with van der Waals surface area (Å²) in [5, 5.41) is 8.26. The number of rotatable bonds is 5. The number of nitrogens with zero attached hydrogens (tertiary/aromatic N) is 2. The summed E-state index contributed by atoms with van der Waals surface area (Å²) in [5.74, 6) is 0. The largest absolute Gasteiger partial charge is 0.379 e. The van der Waals surface area contributed by atoms with Gasteiger partial charge in [-0.15, -0.1) is 0 Å². The van der Waals surface area contributed by atoms with Crippen molar-refractivity contribution in [3.05, 3.63) is 0 Å². The lowest BCUT2D eigenvalue weighted by Crippen LogP contribution is -2.38. The average Bonchev–Trinajstić information content (AvgIpc) is 2.19. The lowest BCUT2D eigenvalue weighted by atomic mass is 10.4. The molecular weight excluding hydrogens is 168 g/mol. The second-order valence-electron chi connectivity index (χ2n) is 2.97. The highest BCUT2D eigenvalue weighted by Crippen LogP contribution is 1.95. The molecule has 1 heterocycles. The molecule has 0 aliphatic carbocycles. The Kier molecular flexibility index (Phi) is 5.50. The molecule has 0 aromatic carbocycles. The van der Waals surface area contributed by atoms with E-state index in [4.69, 9.17) is 14.7 Å². The van der Waals surface area contributed by atoms with E-state index in [-0.39, 0.29) is 0 Å². The van der Waals surface area contributed by atoms with Crippen molar-refractivity contribution in [1.82, 2.24) is 4.90 Å². The molecule has 0 unspecified atom stereocenters. The molecule has 4 heteroatoms. The van der Waals surface area contributed by atoms with E-state index in [1.807, 2.05) is 6.07 Å². The lowest BCUT2D eigenvalue weighted by molar-refractivity contribution is 0.0210. The van der Waals surface area contributed by atoms with Gasteiger partial charge in [0.2, 0.25) is 0 Å². The van der Waals surface area contributed by atoms with Crippen LogP contribution in [-0.2, 0) is 9.47 Å². The summed E-state index contributed by atoms with van der Waals surface area (Å²) < 4.78 is 10.5. The Hall–Kier alpha value is -0.630. The molecule has 0 radical (unpaired) electrons. The maximum absolute atomic E-state index is 8.26. The fourth-order valence-electron chi connectivity index (χ4n) is 1.24. The van der Waals surface area contributed by atoms with Crippen molar-refractivity contribution in [3.8, 4) is 6.07 Å². The molecule has 1 aliphatic heterocycles. The summed E-state index contributed by atoms with van der Waals surface area (Å²) in [5.41, 5.74) is 0. The second kappa shape index (κ2) is 6.84. The third-order valence-electron chi connectivity index (χ3n) is 2.01. The molecule has 0 saturated carbocycles. The minimum Gasteiger partial charge on any atom is -0.379 e. The number of hydrogen-bond acceptors (Lipinski definition) is 4. The van der Waals surface area contributed by atoms with Gasteiger partial charge in [-0.2, -0.15) is 5.26 Å². The van der Waals surface area contributed by atoms with Gasteiger partial charge in [0, 0.05) is 19.6 Å². The summed E-state index contributed by atoms with van der Waals surface area (Å²) in [6.07, 6.45) is 0.489. The third-order valence-corrected chi connectivity index (χ3v) is 2.01. The first-order chi connectivity index (χ1) is 6.43. The summed E-state index contributed by atoms with van der Waals surface area (Å²) in [7, 11) is 0. The van der Waals surface area contributed by atoms with Gasteiger partial charge < -0.3 is 9.47 Å². The fourth-order valence-corrected chi connectivity index (χ4v) is 1.24. The van der Waals surface area contributed by atoms with Crippen LogP contribution in [0.4, 0.5) is 0 Å². The van der Waals surface area contributed by atoms with E-state index in [0.717, 1.165) is 39.5 Å². The smallest absolute Gasteiger partial charge is 0.0645 e. The molecule has 0 spiro atoms. The number of hydrogen-bond donors (Lipinski definition) is 0. The van der Waals surface area contributed by atoms with Crippen molar-refractivity contribution in [3.63, 3.8) is 0 Å². The van der Waals surface area contributed by atoms with E-state index in [1.165, 1.54) is 0 Å². The highest BCUT2D eigenvalue weighted by Gasteiger charge is 2.08. The van der Waals surface area contributed by atoms with Gasteiger partial charge in [0.25, 0.3) is 0 Å². The molecular formula is C9H16N2O2. The summed E-state index contributed by atoms with van der Waals surface area (Å²) in [6.45, 7) is 5.90. The van der Waals surface area contributed by atoms with Gasteiger partial charge in [0.1, 0.15) is 0 Å². The molecule has 0 N–H and O–H groups in total. The van der Waals surface area contributed by atoms with E-state index in [2.05, 4.69) is 4.90 Å². The Balaban J connectivity index is 1.90. The molecule has 0 aromatic heterocycles. The molecule has 1 fully saturated rings. The van der Waals surface area contributed by atoms with Crippen LogP contribution >= 0.6 is 0 Å². The van der Waals surface area contributed by atoms with Crippen LogP contribution in [0.1, 0.15) is 6.42 Å². The number of nitriles is 1. The third kappa shape index (κ3) is 4.83. The van der Waals surface area contributed by atoms with Crippen molar-refractivity contribution < 1.29 is 9.47 Å². The molecule has 0 amide bonds. The highest BCUT2D eigenvalue weighted by atomic mass is 16.5. The molecule has 1 rings (SSSR count). The Labute approximate surface area is 79.0 Å². The van der Waals surface area contributed by atoms with Gasteiger partial charge in [-0.25, -0.2) is 0 Å².